The molecule has 0 unspecified atom stereocenters. The third-order valence-electron chi connectivity index (χ3n) is 4.15. The third-order valence-corrected chi connectivity index (χ3v) is 4.15. The summed E-state index contributed by atoms with van der Waals surface area (Å²) in [6, 6.07) is 14.7. The normalized spacial score (nSPS) is 12.3. The van der Waals surface area contributed by atoms with E-state index >= 15 is 0 Å². The molecule has 146 valence electrons. The van der Waals surface area contributed by atoms with Crippen LogP contribution in [0.2, 0.25) is 0 Å². The van der Waals surface area contributed by atoms with Crippen molar-refractivity contribution in [2.24, 2.45) is 5.10 Å². The number of nitro benzene ring substituents is 1. The number of nitrogens with one attached hydrogen (secondary N) is 1. The lowest BCUT2D eigenvalue weighted by molar-refractivity contribution is -0.384. The van der Waals surface area contributed by atoms with Gasteiger partial charge >= 0.3 is 0 Å². The van der Waals surface area contributed by atoms with E-state index in [1.165, 1.54) is 18.3 Å². The molecule has 0 saturated carbocycles. The van der Waals surface area contributed by atoms with Gasteiger partial charge in [0.25, 0.3) is 5.69 Å². The molecule has 4 rings (SSSR count). The highest BCUT2D eigenvalue weighted by Gasteiger charge is 2.14. The lowest BCUT2D eigenvalue weighted by Gasteiger charge is -2.02. The number of ether oxygens (including phenoxy) is 2. The molecule has 2 aromatic carbocycles. The molecular weight excluding hydrogens is 378 g/mol. The Bertz CT molecular complexity index is 1110. The summed E-state index contributed by atoms with van der Waals surface area (Å²) in [5.41, 5.74) is 3.75. The quantitative estimate of drug-likeness (QED) is 0.390. The molecule has 1 N–H and O–H groups in total. The summed E-state index contributed by atoms with van der Waals surface area (Å²) < 4.78 is 16.1. The number of amides is 1. The molecule has 1 aliphatic rings. The van der Waals surface area contributed by atoms with Gasteiger partial charge in [0.15, 0.2) is 11.5 Å². The van der Waals surface area contributed by atoms with Crippen LogP contribution in [0.4, 0.5) is 5.69 Å². The number of nitrogens with zero attached hydrogens (tertiary/aromatic N) is 2. The second-order valence-electron chi connectivity index (χ2n) is 6.17. The highest BCUT2D eigenvalue weighted by atomic mass is 16.7. The second kappa shape index (κ2) is 7.85. The summed E-state index contributed by atoms with van der Waals surface area (Å²) in [7, 11) is 0. The molecule has 2 heterocycles. The zero-order valence-electron chi connectivity index (χ0n) is 15.0. The first kappa shape index (κ1) is 18.2. The first-order valence-electron chi connectivity index (χ1n) is 8.63. The average molecular weight is 393 g/mol. The Morgan fingerprint density at radius 3 is 2.86 bits per heavy atom. The zero-order valence-corrected chi connectivity index (χ0v) is 15.0. The second-order valence-corrected chi connectivity index (χ2v) is 6.17. The molecule has 0 saturated heterocycles. The predicted molar refractivity (Wildman–Crippen MR) is 103 cm³/mol. The highest BCUT2D eigenvalue weighted by Crippen LogP contribution is 2.32. The Morgan fingerprint density at radius 1 is 1.14 bits per heavy atom. The number of fused-ring (bicyclic) bond motifs is 1. The monoisotopic (exact) mass is 393 g/mol. The van der Waals surface area contributed by atoms with Crippen LogP contribution < -0.4 is 14.9 Å². The topological polar surface area (TPSA) is 116 Å². The van der Waals surface area contributed by atoms with E-state index in [1.807, 2.05) is 0 Å². The molecule has 0 fully saturated rings. The van der Waals surface area contributed by atoms with Crippen LogP contribution in [0.1, 0.15) is 11.3 Å². The van der Waals surface area contributed by atoms with Crippen molar-refractivity contribution in [3.05, 3.63) is 76.0 Å². The maximum atomic E-state index is 12.0. The van der Waals surface area contributed by atoms with Crippen molar-refractivity contribution in [3.63, 3.8) is 0 Å². The molecule has 0 atom stereocenters. The number of hydrogen-bond donors (Lipinski definition) is 1. The number of benzene rings is 2. The molecule has 9 nitrogen and oxygen atoms in total. The van der Waals surface area contributed by atoms with Crippen LogP contribution in [0, 0.1) is 10.1 Å². The number of carbonyl (C=O) groups is 1. The number of nitro groups is 1. The Labute approximate surface area is 164 Å². The van der Waals surface area contributed by atoms with Crippen molar-refractivity contribution in [3.8, 4) is 22.8 Å². The van der Waals surface area contributed by atoms with Crippen molar-refractivity contribution in [1.82, 2.24) is 5.43 Å². The molecule has 1 amide bonds. The largest absolute Gasteiger partial charge is 0.455 e. The molecule has 0 radical (unpaired) electrons. The molecule has 0 spiro atoms. The molecule has 3 aromatic rings. The lowest BCUT2D eigenvalue weighted by Crippen LogP contribution is -2.19. The van der Waals surface area contributed by atoms with E-state index in [1.54, 1.807) is 42.5 Å². The molecular formula is C20H15N3O6. The summed E-state index contributed by atoms with van der Waals surface area (Å²) >= 11 is 0. The first-order valence-corrected chi connectivity index (χ1v) is 8.63. The summed E-state index contributed by atoms with van der Waals surface area (Å²) in [5.74, 6) is 1.83. The fourth-order valence-corrected chi connectivity index (χ4v) is 2.79. The third kappa shape index (κ3) is 4.24. The van der Waals surface area contributed by atoms with E-state index in [4.69, 9.17) is 13.9 Å². The molecule has 9 heteroatoms. The van der Waals surface area contributed by atoms with Crippen LogP contribution in [0.5, 0.6) is 11.5 Å². The average Bonchev–Trinajstić information content (AvgIpc) is 3.37. The standard InChI is InChI=1S/C20H15N3O6/c24-20(9-13-4-6-18-19(8-13)28-12-27-18)22-21-11-16-5-7-17(29-16)14-2-1-3-15(10-14)23(25)26/h1-8,10-11H,9,12H2,(H,22,24)/b21-11-. The van der Waals surface area contributed by atoms with E-state index < -0.39 is 4.92 Å². The summed E-state index contributed by atoms with van der Waals surface area (Å²) in [4.78, 5) is 22.5. The van der Waals surface area contributed by atoms with Crippen molar-refractivity contribution in [1.29, 1.82) is 0 Å². The lowest BCUT2D eigenvalue weighted by atomic mass is 10.1. The molecule has 29 heavy (non-hydrogen) atoms. The van der Waals surface area contributed by atoms with E-state index in [-0.39, 0.29) is 24.8 Å². The van der Waals surface area contributed by atoms with Crippen LogP contribution in [0.15, 0.2) is 64.1 Å². The van der Waals surface area contributed by atoms with Crippen molar-refractivity contribution < 1.29 is 23.6 Å². The van der Waals surface area contributed by atoms with Gasteiger partial charge < -0.3 is 13.9 Å². The number of furan rings is 1. The SMILES string of the molecule is O=C(Cc1ccc2c(c1)OCO2)N/N=C\c1ccc(-c2cccc([N+](=O)[O-])c2)o1. The van der Waals surface area contributed by atoms with Gasteiger partial charge in [-0.25, -0.2) is 5.43 Å². The van der Waals surface area contributed by atoms with Crippen molar-refractivity contribution in [2.45, 2.75) is 6.42 Å². The Hall–Kier alpha value is -4.14. The van der Waals surface area contributed by atoms with Gasteiger partial charge in [-0.1, -0.05) is 18.2 Å². The highest BCUT2D eigenvalue weighted by molar-refractivity contribution is 5.82. The minimum absolute atomic E-state index is 0.0232. The first-order chi connectivity index (χ1) is 14.1. The summed E-state index contributed by atoms with van der Waals surface area (Å²) in [6.07, 6.45) is 1.49. The molecule has 0 bridgehead atoms. The number of carbonyl (C=O) groups excluding carboxylic acids is 1. The fraction of sp³-hybridized carbons (Fsp3) is 0.100. The number of hydrazone groups is 1. The minimum Gasteiger partial charge on any atom is -0.455 e. The van der Waals surface area contributed by atoms with Gasteiger partial charge in [0.1, 0.15) is 11.5 Å². The summed E-state index contributed by atoms with van der Waals surface area (Å²) in [6.45, 7) is 0.177. The van der Waals surface area contributed by atoms with Gasteiger partial charge in [0, 0.05) is 17.7 Å². The Balaban J connectivity index is 1.36. The van der Waals surface area contributed by atoms with Crippen LogP contribution in [-0.2, 0) is 11.2 Å². The van der Waals surface area contributed by atoms with Crippen molar-refractivity contribution >= 4 is 17.8 Å². The number of rotatable bonds is 6. The van der Waals surface area contributed by atoms with Gasteiger partial charge in [0.2, 0.25) is 12.7 Å². The molecule has 1 aliphatic heterocycles. The van der Waals surface area contributed by atoms with E-state index in [2.05, 4.69) is 10.5 Å². The van der Waals surface area contributed by atoms with Crippen LogP contribution in [0.25, 0.3) is 11.3 Å². The van der Waals surface area contributed by atoms with Crippen LogP contribution in [0.3, 0.4) is 0 Å². The maximum Gasteiger partial charge on any atom is 0.270 e. The van der Waals surface area contributed by atoms with Gasteiger partial charge in [-0.3, -0.25) is 14.9 Å². The zero-order chi connectivity index (χ0) is 20.2. The smallest absolute Gasteiger partial charge is 0.270 e. The Kier molecular flexibility index (Phi) is 4.93. The van der Waals surface area contributed by atoms with Crippen molar-refractivity contribution in [2.75, 3.05) is 6.79 Å². The van der Waals surface area contributed by atoms with Gasteiger partial charge in [0.05, 0.1) is 17.6 Å². The minimum atomic E-state index is -0.468. The van der Waals surface area contributed by atoms with E-state index in [9.17, 15) is 14.9 Å². The molecule has 1 aromatic heterocycles. The predicted octanol–water partition coefficient (Wildman–Crippen LogP) is 3.28. The number of hydrogen-bond acceptors (Lipinski definition) is 7. The maximum absolute atomic E-state index is 12.0. The summed E-state index contributed by atoms with van der Waals surface area (Å²) in [5, 5.41) is 14.8. The van der Waals surface area contributed by atoms with Crippen LogP contribution >= 0.6 is 0 Å². The van der Waals surface area contributed by atoms with Gasteiger partial charge in [-0.2, -0.15) is 5.10 Å². The molecule has 0 aliphatic carbocycles. The van der Waals surface area contributed by atoms with Gasteiger partial charge in [-0.05, 0) is 29.8 Å². The fourth-order valence-electron chi connectivity index (χ4n) is 2.79. The van der Waals surface area contributed by atoms with Gasteiger partial charge in [-0.15, -0.1) is 0 Å². The number of non-ortho nitro benzene ring substituents is 1. The Morgan fingerprint density at radius 2 is 2.00 bits per heavy atom. The van der Waals surface area contributed by atoms with Crippen LogP contribution in [-0.4, -0.2) is 23.8 Å². The van der Waals surface area contributed by atoms with E-state index in [0.717, 1.165) is 5.56 Å². The van der Waals surface area contributed by atoms with E-state index in [0.29, 0.717) is 28.6 Å².